The molecule has 0 bridgehead atoms. The summed E-state index contributed by atoms with van der Waals surface area (Å²) < 4.78 is 8.84. The minimum Gasteiger partial charge on any atom is -0.481 e. The van der Waals surface area contributed by atoms with Crippen LogP contribution in [0.1, 0.15) is 18.9 Å². The van der Waals surface area contributed by atoms with Crippen LogP contribution in [0.5, 0.6) is 0 Å². The summed E-state index contributed by atoms with van der Waals surface area (Å²) in [5.74, 6) is -1.42. The molecule has 0 saturated heterocycles. The molecule has 2 N–H and O–H groups in total. The second-order valence-corrected chi connectivity index (χ2v) is 5.30. The van der Waals surface area contributed by atoms with Gasteiger partial charge in [-0.1, -0.05) is 0 Å². The highest BCUT2D eigenvalue weighted by atomic mass is 16.4. The molecule has 0 radical (unpaired) electrons. The van der Waals surface area contributed by atoms with Gasteiger partial charge < -0.3 is 19.0 Å². The largest absolute Gasteiger partial charge is 0.481 e. The number of fused-ring (bicyclic) bond motifs is 2. The third-order valence-corrected chi connectivity index (χ3v) is 3.58. The second-order valence-electron chi connectivity index (χ2n) is 5.30. The van der Waals surface area contributed by atoms with Gasteiger partial charge in [0.2, 0.25) is 0 Å². The lowest BCUT2D eigenvalue weighted by Crippen LogP contribution is -2.27. The van der Waals surface area contributed by atoms with Gasteiger partial charge >= 0.3 is 28.5 Å². The fourth-order valence-electron chi connectivity index (χ4n) is 2.73. The van der Waals surface area contributed by atoms with E-state index in [2.05, 4.69) is 8.83 Å². The Labute approximate surface area is 124 Å². The van der Waals surface area contributed by atoms with E-state index in [9.17, 15) is 29.1 Å². The molecule has 0 fully saturated rings. The van der Waals surface area contributed by atoms with E-state index >= 15 is 0 Å². The average Bonchev–Trinajstić information content (AvgIpc) is 2.85. The van der Waals surface area contributed by atoms with Crippen molar-refractivity contribution in [1.29, 1.82) is 0 Å². The van der Waals surface area contributed by atoms with E-state index < -0.39 is 56.8 Å². The van der Waals surface area contributed by atoms with Gasteiger partial charge in [0.05, 0.1) is 33.6 Å². The molecule has 1 aromatic carbocycles. The highest BCUT2D eigenvalue weighted by Crippen LogP contribution is 2.33. The number of hydrogen-bond acceptors (Lipinski definition) is 8. The third-order valence-electron chi connectivity index (χ3n) is 3.58. The molecule has 2 aromatic heterocycles. The van der Waals surface area contributed by atoms with Crippen molar-refractivity contribution in [2.45, 2.75) is 18.9 Å². The molecule has 0 amide bonds. The molecular formula is C14H8O9. The Morgan fingerprint density at radius 3 is 1.83 bits per heavy atom. The van der Waals surface area contributed by atoms with E-state index in [0.717, 1.165) is 13.0 Å². The van der Waals surface area contributed by atoms with Crippen LogP contribution in [0.2, 0.25) is 0 Å². The number of hydrogen-bond donors (Lipinski definition) is 2. The second kappa shape index (κ2) is 4.46. The van der Waals surface area contributed by atoms with Gasteiger partial charge in [0, 0.05) is 5.56 Å². The topological polar surface area (TPSA) is 152 Å². The van der Waals surface area contributed by atoms with Crippen LogP contribution < -0.4 is 22.5 Å². The van der Waals surface area contributed by atoms with Gasteiger partial charge in [-0.2, -0.15) is 0 Å². The lowest BCUT2D eigenvalue weighted by molar-refractivity contribution is -0.142. The van der Waals surface area contributed by atoms with E-state index in [1.807, 2.05) is 0 Å². The Morgan fingerprint density at radius 1 is 1.00 bits per heavy atom. The van der Waals surface area contributed by atoms with Crippen molar-refractivity contribution in [3.63, 3.8) is 0 Å². The normalized spacial score (nSPS) is 14.3. The van der Waals surface area contributed by atoms with Gasteiger partial charge in [-0.3, -0.25) is 4.79 Å². The molecule has 0 aliphatic rings. The summed E-state index contributed by atoms with van der Waals surface area (Å²) in [5.41, 5.74) is -7.07. The minimum atomic E-state index is -2.21. The number of aliphatic carboxylic acids is 1. The average molecular weight is 320 g/mol. The third kappa shape index (κ3) is 2.01. The summed E-state index contributed by atoms with van der Waals surface area (Å²) in [5, 5.41) is 17.8. The highest BCUT2D eigenvalue weighted by Gasteiger charge is 2.35. The molecule has 9 nitrogen and oxygen atoms in total. The first kappa shape index (κ1) is 14.9. The lowest BCUT2D eigenvalue weighted by atomic mass is 9.86. The first-order chi connectivity index (χ1) is 10.6. The molecule has 23 heavy (non-hydrogen) atoms. The summed E-state index contributed by atoms with van der Waals surface area (Å²) in [6.45, 7) is 1.04. The van der Waals surface area contributed by atoms with Crippen molar-refractivity contribution in [1.82, 2.24) is 0 Å². The lowest BCUT2D eigenvalue weighted by Gasteiger charge is -2.22. The van der Waals surface area contributed by atoms with E-state index in [0.29, 0.717) is 0 Å². The van der Waals surface area contributed by atoms with Gasteiger partial charge in [0.25, 0.3) is 0 Å². The van der Waals surface area contributed by atoms with Crippen molar-refractivity contribution in [2.24, 2.45) is 0 Å². The molecule has 1 unspecified atom stereocenters. The van der Waals surface area contributed by atoms with Crippen molar-refractivity contribution in [3.05, 3.63) is 53.3 Å². The Kier molecular flexibility index (Phi) is 2.88. The molecular weight excluding hydrogens is 312 g/mol. The van der Waals surface area contributed by atoms with Crippen LogP contribution in [-0.4, -0.2) is 16.2 Å². The Hall–Kier alpha value is -3.07. The van der Waals surface area contributed by atoms with E-state index in [4.69, 9.17) is 5.11 Å². The number of rotatable bonds is 3. The van der Waals surface area contributed by atoms with Crippen LogP contribution >= 0.6 is 0 Å². The van der Waals surface area contributed by atoms with Crippen molar-refractivity contribution in [3.8, 4) is 0 Å². The van der Waals surface area contributed by atoms with Gasteiger partial charge in [-0.05, 0) is 13.0 Å². The molecule has 118 valence electrons. The number of benzene rings is 1. The first-order valence-electron chi connectivity index (χ1n) is 6.32. The molecule has 3 aromatic rings. The van der Waals surface area contributed by atoms with E-state index in [1.165, 1.54) is 0 Å². The smallest absolute Gasteiger partial charge is 0.347 e. The zero-order valence-corrected chi connectivity index (χ0v) is 11.5. The van der Waals surface area contributed by atoms with Crippen LogP contribution in [0, 0.1) is 0 Å². The molecule has 1 atom stereocenters. The fraction of sp³-hybridized carbons (Fsp3) is 0.214. The van der Waals surface area contributed by atoms with Crippen LogP contribution in [0.4, 0.5) is 0 Å². The summed E-state index contributed by atoms with van der Waals surface area (Å²) in [6, 6.07) is 0.964. The molecule has 2 heterocycles. The quantitative estimate of drug-likeness (QED) is 0.630. The first-order valence-corrected chi connectivity index (χ1v) is 6.32. The Morgan fingerprint density at radius 2 is 1.43 bits per heavy atom. The number of carboxylic acid groups (broad SMARTS) is 1. The van der Waals surface area contributed by atoms with Crippen LogP contribution in [0.3, 0.4) is 0 Å². The fourth-order valence-corrected chi connectivity index (χ4v) is 2.73. The van der Waals surface area contributed by atoms with Gasteiger partial charge in [-0.15, -0.1) is 0 Å². The summed E-state index contributed by atoms with van der Waals surface area (Å²) >= 11 is 0. The maximum absolute atomic E-state index is 11.9. The zero-order chi connectivity index (χ0) is 17.1. The number of carboxylic acids is 1. The maximum atomic E-state index is 11.9. The van der Waals surface area contributed by atoms with Crippen LogP contribution in [0.15, 0.2) is 34.1 Å². The highest BCUT2D eigenvalue weighted by molar-refractivity contribution is 6.02. The van der Waals surface area contributed by atoms with Gasteiger partial charge in [0.15, 0.2) is 0 Å². The van der Waals surface area contributed by atoms with Crippen molar-refractivity contribution in [2.75, 3.05) is 0 Å². The summed E-state index contributed by atoms with van der Waals surface area (Å²) in [6.07, 6.45) is -0.876. The van der Waals surface area contributed by atoms with Crippen molar-refractivity contribution >= 4 is 27.5 Å². The SMILES string of the molecule is CC(O)(CC(=O)O)c1c2c(=O)oc(=O)c2cc2c(=O)oc(=O)c12. The molecule has 0 aliphatic carbocycles. The van der Waals surface area contributed by atoms with E-state index in [-0.39, 0.29) is 10.8 Å². The standard InChI is InChI=1S/C14H8O9/c1-14(21,3-6(15)16)9-7-4(10(17)22-12(7)19)2-5-8(9)13(20)23-11(5)18/h2,21H,3H2,1H3,(H,15,16). The predicted octanol–water partition coefficient (Wildman–Crippen LogP) is -0.822. The van der Waals surface area contributed by atoms with Crippen LogP contribution in [0.25, 0.3) is 21.5 Å². The molecule has 0 aliphatic heterocycles. The predicted molar refractivity (Wildman–Crippen MR) is 75.3 cm³/mol. The molecule has 9 heteroatoms. The number of carbonyl (C=O) groups is 1. The van der Waals surface area contributed by atoms with E-state index in [1.54, 1.807) is 0 Å². The summed E-state index contributed by atoms with van der Waals surface area (Å²) in [4.78, 5) is 58.1. The minimum absolute atomic E-state index is 0.332. The van der Waals surface area contributed by atoms with Crippen LogP contribution in [-0.2, 0) is 10.4 Å². The number of aliphatic hydroxyl groups is 1. The van der Waals surface area contributed by atoms with Gasteiger partial charge in [-0.25, -0.2) is 19.2 Å². The summed E-state index contributed by atoms with van der Waals surface area (Å²) in [7, 11) is 0. The van der Waals surface area contributed by atoms with Gasteiger partial charge in [0.1, 0.15) is 0 Å². The Balaban J connectivity index is 2.66. The molecule has 0 spiro atoms. The molecule has 3 rings (SSSR count). The zero-order valence-electron chi connectivity index (χ0n) is 11.5. The Bertz CT molecular complexity index is 1090. The maximum Gasteiger partial charge on any atom is 0.347 e. The monoisotopic (exact) mass is 320 g/mol. The number of furan rings is 2. The van der Waals surface area contributed by atoms with Crippen molar-refractivity contribution < 1.29 is 23.8 Å². The molecule has 0 saturated carbocycles.